The number of carbonyl (C=O) groups excluding carboxylic acids is 2. The van der Waals surface area contributed by atoms with Crippen molar-refractivity contribution in [1.82, 2.24) is 10.6 Å². The third kappa shape index (κ3) is 5.65. The molecular weight excluding hydrogens is 448 g/mol. The first-order chi connectivity index (χ1) is 16.7. The van der Waals surface area contributed by atoms with Crippen LogP contribution in [0.4, 0.5) is 4.79 Å². The van der Waals surface area contributed by atoms with Crippen molar-refractivity contribution in [2.45, 2.75) is 38.6 Å². The molecular formula is C27H34N2O6. The van der Waals surface area contributed by atoms with Crippen molar-refractivity contribution >= 4 is 18.0 Å². The molecule has 0 spiro atoms. The van der Waals surface area contributed by atoms with Gasteiger partial charge in [-0.2, -0.15) is 0 Å². The van der Waals surface area contributed by atoms with Gasteiger partial charge >= 0.3 is 12.1 Å². The summed E-state index contributed by atoms with van der Waals surface area (Å²) in [6, 6.07) is 16.1. The highest BCUT2D eigenvalue weighted by Gasteiger charge is 2.40. The van der Waals surface area contributed by atoms with Crippen LogP contribution in [-0.2, 0) is 19.1 Å². The van der Waals surface area contributed by atoms with E-state index in [2.05, 4.69) is 22.8 Å². The van der Waals surface area contributed by atoms with E-state index in [-0.39, 0.29) is 38.0 Å². The Hall–Kier alpha value is -3.39. The van der Waals surface area contributed by atoms with E-state index < -0.39 is 29.4 Å². The lowest BCUT2D eigenvalue weighted by atomic mass is 9.93. The third-order valence-corrected chi connectivity index (χ3v) is 6.72. The molecule has 0 bridgehead atoms. The monoisotopic (exact) mass is 482 g/mol. The van der Waals surface area contributed by atoms with Gasteiger partial charge in [0, 0.05) is 19.6 Å². The molecule has 3 N–H and O–H groups in total. The highest BCUT2D eigenvalue weighted by atomic mass is 16.5. The Balaban J connectivity index is 1.70. The third-order valence-electron chi connectivity index (χ3n) is 6.72. The van der Waals surface area contributed by atoms with E-state index in [1.54, 1.807) is 20.8 Å². The Morgan fingerprint density at radius 2 is 1.60 bits per heavy atom. The van der Waals surface area contributed by atoms with E-state index in [0.29, 0.717) is 0 Å². The Morgan fingerprint density at radius 1 is 1.03 bits per heavy atom. The first-order valence-electron chi connectivity index (χ1n) is 11.9. The van der Waals surface area contributed by atoms with Gasteiger partial charge in [-0.05, 0) is 34.6 Å². The average molecular weight is 483 g/mol. The van der Waals surface area contributed by atoms with Crippen molar-refractivity contribution in [2.24, 2.45) is 11.8 Å². The van der Waals surface area contributed by atoms with E-state index in [4.69, 9.17) is 9.47 Å². The lowest BCUT2D eigenvalue weighted by Crippen LogP contribution is -2.62. The summed E-state index contributed by atoms with van der Waals surface area (Å²) in [6.45, 7) is 5.29. The second-order valence-corrected chi connectivity index (χ2v) is 9.22. The molecule has 1 aliphatic carbocycles. The van der Waals surface area contributed by atoms with Crippen LogP contribution in [0.25, 0.3) is 11.1 Å². The quantitative estimate of drug-likeness (QED) is 0.449. The number of hydrogen-bond acceptors (Lipinski definition) is 5. The van der Waals surface area contributed by atoms with Crippen LogP contribution in [0.3, 0.4) is 0 Å². The van der Waals surface area contributed by atoms with Crippen LogP contribution < -0.4 is 10.6 Å². The molecule has 8 heteroatoms. The first kappa shape index (κ1) is 26.2. The van der Waals surface area contributed by atoms with E-state index in [9.17, 15) is 19.5 Å². The summed E-state index contributed by atoms with van der Waals surface area (Å²) in [5, 5.41) is 14.8. The van der Waals surface area contributed by atoms with Crippen LogP contribution >= 0.6 is 0 Å². The van der Waals surface area contributed by atoms with Gasteiger partial charge in [0.25, 0.3) is 0 Å². The first-order valence-corrected chi connectivity index (χ1v) is 11.9. The molecule has 2 atom stereocenters. The maximum atomic E-state index is 13.1. The lowest BCUT2D eigenvalue weighted by molar-refractivity contribution is -0.143. The van der Waals surface area contributed by atoms with E-state index >= 15 is 0 Å². The van der Waals surface area contributed by atoms with Crippen LogP contribution in [-0.4, -0.2) is 55.5 Å². The summed E-state index contributed by atoms with van der Waals surface area (Å²) < 4.78 is 10.9. The zero-order chi connectivity index (χ0) is 25.6. The van der Waals surface area contributed by atoms with Crippen molar-refractivity contribution in [3.8, 4) is 11.1 Å². The van der Waals surface area contributed by atoms with Crippen molar-refractivity contribution in [3.05, 3.63) is 59.7 Å². The summed E-state index contributed by atoms with van der Waals surface area (Å²) >= 11 is 0. The minimum atomic E-state index is -1.39. The summed E-state index contributed by atoms with van der Waals surface area (Å²) in [7, 11) is 1.44. The molecule has 0 saturated heterocycles. The predicted octanol–water partition coefficient (Wildman–Crippen LogP) is 3.79. The molecule has 0 heterocycles. The second kappa shape index (κ2) is 11.4. The predicted molar refractivity (Wildman–Crippen MR) is 132 cm³/mol. The average Bonchev–Trinajstić information content (AvgIpc) is 3.15. The summed E-state index contributed by atoms with van der Waals surface area (Å²) in [5.74, 6) is -2.52. The normalized spacial score (nSPS) is 15.0. The van der Waals surface area contributed by atoms with Gasteiger partial charge in [-0.1, -0.05) is 69.3 Å². The molecule has 1 aliphatic rings. The molecule has 2 aromatic rings. The Morgan fingerprint density at radius 3 is 2.09 bits per heavy atom. The van der Waals surface area contributed by atoms with Crippen LogP contribution in [0.15, 0.2) is 48.5 Å². The number of carbonyl (C=O) groups is 3. The number of ether oxygens (including phenoxy) is 2. The molecule has 0 aliphatic heterocycles. The maximum absolute atomic E-state index is 13.1. The number of rotatable bonds is 11. The topological polar surface area (TPSA) is 114 Å². The second-order valence-electron chi connectivity index (χ2n) is 9.22. The van der Waals surface area contributed by atoms with Crippen LogP contribution in [0.5, 0.6) is 0 Å². The highest BCUT2D eigenvalue weighted by molar-refractivity contribution is 5.90. The number of fused-ring (bicyclic) bond motifs is 3. The van der Waals surface area contributed by atoms with E-state index in [1.165, 1.54) is 7.11 Å². The standard InChI is InChI=1S/C27H34N2O6/c1-5-27(16-34-4,25(32)28-14-22(17(2)3)24(30)31)29-26(33)35-15-23-20-12-8-6-10-18(20)19-11-7-9-13-21(19)23/h6-13,17,22-23H,5,14-16H2,1-4H3,(H,28,32)(H,29,33)(H,30,31). The Kier molecular flexibility index (Phi) is 8.51. The van der Waals surface area contributed by atoms with Gasteiger partial charge in [0.2, 0.25) is 5.91 Å². The van der Waals surface area contributed by atoms with Crippen molar-refractivity contribution in [2.75, 3.05) is 26.9 Å². The van der Waals surface area contributed by atoms with Gasteiger partial charge in [0.05, 0.1) is 12.5 Å². The van der Waals surface area contributed by atoms with Crippen molar-refractivity contribution in [1.29, 1.82) is 0 Å². The molecule has 35 heavy (non-hydrogen) atoms. The molecule has 2 aromatic carbocycles. The number of amides is 2. The Bertz CT molecular complexity index is 1020. The number of alkyl carbamates (subject to hydrolysis) is 1. The number of aliphatic carboxylic acids is 1. The number of hydrogen-bond donors (Lipinski definition) is 3. The SMILES string of the molecule is CCC(COC)(NC(=O)OCC1c2ccccc2-c2ccccc21)C(=O)NCC(C(=O)O)C(C)C. The zero-order valence-electron chi connectivity index (χ0n) is 20.7. The van der Waals surface area contributed by atoms with E-state index in [1.807, 2.05) is 36.4 Å². The van der Waals surface area contributed by atoms with Crippen LogP contribution in [0, 0.1) is 11.8 Å². The van der Waals surface area contributed by atoms with Crippen molar-refractivity contribution < 1.29 is 29.0 Å². The fraction of sp³-hybridized carbons (Fsp3) is 0.444. The van der Waals surface area contributed by atoms with Gasteiger partial charge in [-0.3, -0.25) is 9.59 Å². The highest BCUT2D eigenvalue weighted by Crippen LogP contribution is 2.44. The molecule has 0 fully saturated rings. The molecule has 2 unspecified atom stereocenters. The fourth-order valence-electron chi connectivity index (χ4n) is 4.57. The largest absolute Gasteiger partial charge is 0.481 e. The van der Waals surface area contributed by atoms with Gasteiger partial charge in [-0.15, -0.1) is 0 Å². The molecule has 188 valence electrons. The zero-order valence-corrected chi connectivity index (χ0v) is 20.7. The number of carboxylic acid groups (broad SMARTS) is 1. The molecule has 2 amide bonds. The molecule has 0 radical (unpaired) electrons. The van der Waals surface area contributed by atoms with Crippen molar-refractivity contribution in [3.63, 3.8) is 0 Å². The smallest absolute Gasteiger partial charge is 0.408 e. The molecule has 0 saturated carbocycles. The summed E-state index contributed by atoms with van der Waals surface area (Å²) in [5.41, 5.74) is 3.03. The summed E-state index contributed by atoms with van der Waals surface area (Å²) in [4.78, 5) is 37.5. The minimum Gasteiger partial charge on any atom is -0.481 e. The van der Waals surface area contributed by atoms with Gasteiger partial charge in [0.1, 0.15) is 12.1 Å². The minimum absolute atomic E-state index is 0.0519. The maximum Gasteiger partial charge on any atom is 0.408 e. The Labute approximate surface area is 206 Å². The number of benzene rings is 2. The number of nitrogens with one attached hydrogen (secondary N) is 2. The van der Waals surface area contributed by atoms with Gasteiger partial charge < -0.3 is 25.2 Å². The van der Waals surface area contributed by atoms with Crippen LogP contribution in [0.2, 0.25) is 0 Å². The molecule has 8 nitrogen and oxygen atoms in total. The summed E-state index contributed by atoms with van der Waals surface area (Å²) in [6.07, 6.45) is -0.504. The molecule has 0 aromatic heterocycles. The van der Waals surface area contributed by atoms with E-state index in [0.717, 1.165) is 22.3 Å². The number of methoxy groups -OCH3 is 1. The van der Waals surface area contributed by atoms with Crippen LogP contribution in [0.1, 0.15) is 44.2 Å². The van der Waals surface area contributed by atoms with Gasteiger partial charge in [0.15, 0.2) is 0 Å². The number of carboxylic acids is 1. The lowest BCUT2D eigenvalue weighted by Gasteiger charge is -2.32. The van der Waals surface area contributed by atoms with Gasteiger partial charge in [-0.25, -0.2) is 4.79 Å². The fourth-order valence-corrected chi connectivity index (χ4v) is 4.57. The molecule has 3 rings (SSSR count).